The molecule has 0 radical (unpaired) electrons. The van der Waals surface area contributed by atoms with E-state index in [2.05, 4.69) is 40.4 Å². The molecule has 1 aromatic heterocycles. The minimum absolute atomic E-state index is 0.0171. The van der Waals surface area contributed by atoms with Crippen molar-refractivity contribution < 1.29 is 9.90 Å². The molecule has 7 heteroatoms. The fourth-order valence-electron chi connectivity index (χ4n) is 2.30. The third-order valence-electron chi connectivity index (χ3n) is 3.48. The van der Waals surface area contributed by atoms with Crippen molar-refractivity contribution >= 4 is 23.7 Å². The number of rotatable bonds is 9. The summed E-state index contributed by atoms with van der Waals surface area (Å²) in [6.07, 6.45) is 4.72. The van der Waals surface area contributed by atoms with E-state index in [-0.39, 0.29) is 11.8 Å². The molecule has 118 valence electrons. The van der Waals surface area contributed by atoms with E-state index in [1.54, 1.807) is 0 Å². The summed E-state index contributed by atoms with van der Waals surface area (Å²) in [7, 11) is 0. The number of hydrogen-bond acceptors (Lipinski definition) is 5. The van der Waals surface area contributed by atoms with E-state index < -0.39 is 5.97 Å². The predicted octanol–water partition coefficient (Wildman–Crippen LogP) is 2.80. The smallest absolute Gasteiger partial charge is 0.313 e. The number of carboxylic acids is 1. The number of carbonyl (C=O) groups is 1. The van der Waals surface area contributed by atoms with Crippen molar-refractivity contribution in [2.24, 2.45) is 0 Å². The molecule has 1 aromatic rings. The third-order valence-corrected chi connectivity index (χ3v) is 4.41. The van der Waals surface area contributed by atoms with E-state index in [1.165, 1.54) is 24.6 Å². The second-order valence-electron chi connectivity index (χ2n) is 5.71. The SMILES string of the molecule is CCCCN(c1nnc(SCC(=O)O)n1C(C)C)C1CC1. The number of unbranched alkanes of at least 4 members (excludes halogenated alkanes) is 1. The lowest BCUT2D eigenvalue weighted by Crippen LogP contribution is -2.30. The first-order chi connectivity index (χ1) is 10.0. The van der Waals surface area contributed by atoms with Crippen LogP contribution < -0.4 is 4.90 Å². The number of hydrogen-bond donors (Lipinski definition) is 1. The van der Waals surface area contributed by atoms with Gasteiger partial charge < -0.3 is 10.0 Å². The molecule has 0 aliphatic heterocycles. The van der Waals surface area contributed by atoms with Crippen LogP contribution in [0.4, 0.5) is 5.95 Å². The van der Waals surface area contributed by atoms with Crippen molar-refractivity contribution in [2.75, 3.05) is 17.2 Å². The van der Waals surface area contributed by atoms with Gasteiger partial charge in [0.2, 0.25) is 5.95 Å². The molecular weight excluding hydrogens is 288 g/mol. The first kappa shape index (κ1) is 16.1. The Balaban J connectivity index is 2.22. The van der Waals surface area contributed by atoms with Crippen LogP contribution in [0.2, 0.25) is 0 Å². The van der Waals surface area contributed by atoms with Crippen LogP contribution in [-0.4, -0.2) is 44.2 Å². The van der Waals surface area contributed by atoms with Crippen LogP contribution in [0.25, 0.3) is 0 Å². The molecule has 0 unspecified atom stereocenters. The summed E-state index contributed by atoms with van der Waals surface area (Å²) in [6, 6.07) is 0.796. The monoisotopic (exact) mass is 312 g/mol. The fraction of sp³-hybridized carbons (Fsp3) is 0.786. The van der Waals surface area contributed by atoms with Crippen LogP contribution >= 0.6 is 11.8 Å². The minimum Gasteiger partial charge on any atom is -0.481 e. The van der Waals surface area contributed by atoms with Crippen LogP contribution in [0.1, 0.15) is 52.5 Å². The third kappa shape index (κ3) is 4.12. The van der Waals surface area contributed by atoms with Gasteiger partial charge in [-0.25, -0.2) is 0 Å². The molecule has 1 N–H and O–H groups in total. The Morgan fingerprint density at radius 1 is 1.48 bits per heavy atom. The molecule has 0 bridgehead atoms. The maximum atomic E-state index is 10.8. The van der Waals surface area contributed by atoms with Crippen molar-refractivity contribution in [3.63, 3.8) is 0 Å². The van der Waals surface area contributed by atoms with Gasteiger partial charge in [0.1, 0.15) is 0 Å². The van der Waals surface area contributed by atoms with E-state index in [0.29, 0.717) is 11.2 Å². The van der Waals surface area contributed by atoms with Gasteiger partial charge in [0.05, 0.1) is 5.75 Å². The summed E-state index contributed by atoms with van der Waals surface area (Å²) in [6.45, 7) is 7.35. The second-order valence-corrected chi connectivity index (χ2v) is 6.65. The van der Waals surface area contributed by atoms with E-state index in [0.717, 1.165) is 25.3 Å². The number of carboxylic acid groups (broad SMARTS) is 1. The Bertz CT molecular complexity index is 485. The van der Waals surface area contributed by atoms with E-state index in [4.69, 9.17) is 5.11 Å². The standard InChI is InChI=1S/C14H24N4O2S/c1-4-5-8-17(11-6-7-11)13-15-16-14(18(13)10(2)3)21-9-12(19)20/h10-11H,4-9H2,1-3H3,(H,19,20). The van der Waals surface area contributed by atoms with Gasteiger partial charge in [-0.05, 0) is 33.1 Å². The van der Waals surface area contributed by atoms with Gasteiger partial charge in [-0.15, -0.1) is 10.2 Å². The van der Waals surface area contributed by atoms with Crippen molar-refractivity contribution in [3.05, 3.63) is 0 Å². The van der Waals surface area contributed by atoms with Crippen LogP contribution in [0, 0.1) is 0 Å². The van der Waals surface area contributed by atoms with Gasteiger partial charge in [0.15, 0.2) is 5.16 Å². The topological polar surface area (TPSA) is 71.2 Å². The van der Waals surface area contributed by atoms with Gasteiger partial charge in [-0.2, -0.15) is 0 Å². The van der Waals surface area contributed by atoms with Crippen LogP contribution in [0.5, 0.6) is 0 Å². The average molecular weight is 312 g/mol. The zero-order valence-corrected chi connectivity index (χ0v) is 13.8. The highest BCUT2D eigenvalue weighted by Gasteiger charge is 2.33. The fourth-order valence-corrected chi connectivity index (χ4v) is 3.08. The molecule has 0 atom stereocenters. The molecule has 6 nitrogen and oxygen atoms in total. The van der Waals surface area contributed by atoms with Crippen LogP contribution in [0.15, 0.2) is 5.16 Å². The maximum absolute atomic E-state index is 10.8. The molecule has 21 heavy (non-hydrogen) atoms. The number of aliphatic carboxylic acids is 1. The van der Waals surface area contributed by atoms with Gasteiger partial charge in [-0.3, -0.25) is 9.36 Å². The quantitative estimate of drug-likeness (QED) is 0.707. The summed E-state index contributed by atoms with van der Waals surface area (Å²) in [4.78, 5) is 13.1. The molecule has 1 fully saturated rings. The Kier molecular flexibility index (Phi) is 5.50. The van der Waals surface area contributed by atoms with Crippen LogP contribution in [0.3, 0.4) is 0 Å². The molecule has 1 aliphatic rings. The zero-order chi connectivity index (χ0) is 15.4. The van der Waals surface area contributed by atoms with E-state index in [9.17, 15) is 4.79 Å². The highest BCUT2D eigenvalue weighted by Crippen LogP contribution is 2.34. The minimum atomic E-state index is -0.829. The Morgan fingerprint density at radius 2 is 2.19 bits per heavy atom. The maximum Gasteiger partial charge on any atom is 0.313 e. The molecule has 0 aromatic carbocycles. The summed E-state index contributed by atoms with van der Waals surface area (Å²) in [5, 5.41) is 18.1. The van der Waals surface area contributed by atoms with Crippen molar-refractivity contribution in [1.82, 2.24) is 14.8 Å². The van der Waals surface area contributed by atoms with Crippen molar-refractivity contribution in [3.8, 4) is 0 Å². The molecule has 1 saturated carbocycles. The lowest BCUT2D eigenvalue weighted by Gasteiger charge is -2.25. The summed E-state index contributed by atoms with van der Waals surface area (Å²) in [5.41, 5.74) is 0. The van der Waals surface area contributed by atoms with E-state index in [1.807, 2.05) is 0 Å². The first-order valence-electron chi connectivity index (χ1n) is 7.60. The van der Waals surface area contributed by atoms with Crippen molar-refractivity contribution in [2.45, 2.75) is 63.7 Å². The predicted molar refractivity (Wildman–Crippen MR) is 84.0 cm³/mol. The lowest BCUT2D eigenvalue weighted by molar-refractivity contribution is -0.133. The average Bonchev–Trinajstić information content (AvgIpc) is 3.16. The van der Waals surface area contributed by atoms with Crippen LogP contribution in [-0.2, 0) is 4.79 Å². The molecule has 0 spiro atoms. The second kappa shape index (κ2) is 7.15. The molecule has 1 aliphatic carbocycles. The Hall–Kier alpha value is -1.24. The van der Waals surface area contributed by atoms with Crippen molar-refractivity contribution in [1.29, 1.82) is 0 Å². The molecule has 2 rings (SSSR count). The molecular formula is C14H24N4O2S. The van der Waals surface area contributed by atoms with Gasteiger partial charge in [-0.1, -0.05) is 25.1 Å². The highest BCUT2D eigenvalue weighted by atomic mass is 32.2. The van der Waals surface area contributed by atoms with Gasteiger partial charge >= 0.3 is 5.97 Å². The number of nitrogens with zero attached hydrogens (tertiary/aromatic N) is 4. The summed E-state index contributed by atoms with van der Waals surface area (Å²) >= 11 is 1.24. The summed E-state index contributed by atoms with van der Waals surface area (Å²) in [5.74, 6) is 0.0854. The Morgan fingerprint density at radius 3 is 2.71 bits per heavy atom. The van der Waals surface area contributed by atoms with E-state index >= 15 is 0 Å². The lowest BCUT2D eigenvalue weighted by atomic mass is 10.3. The molecule has 0 saturated heterocycles. The highest BCUT2D eigenvalue weighted by molar-refractivity contribution is 7.99. The number of anilines is 1. The largest absolute Gasteiger partial charge is 0.481 e. The normalized spacial score (nSPS) is 14.7. The van der Waals surface area contributed by atoms with Gasteiger partial charge in [0, 0.05) is 18.6 Å². The zero-order valence-electron chi connectivity index (χ0n) is 12.9. The first-order valence-corrected chi connectivity index (χ1v) is 8.59. The molecule has 1 heterocycles. The Labute approximate surface area is 129 Å². The molecule has 0 amide bonds. The number of thioether (sulfide) groups is 1. The summed E-state index contributed by atoms with van der Waals surface area (Å²) < 4.78 is 2.07. The number of aromatic nitrogens is 3. The van der Waals surface area contributed by atoms with Gasteiger partial charge in [0.25, 0.3) is 0 Å².